The van der Waals surface area contributed by atoms with Crippen molar-refractivity contribution in [3.63, 3.8) is 0 Å². The van der Waals surface area contributed by atoms with E-state index in [-0.39, 0.29) is 0 Å². The Bertz CT molecular complexity index is 378. The number of nitrogens with one attached hydrogen (secondary N) is 1. The van der Waals surface area contributed by atoms with Gasteiger partial charge in [0, 0.05) is 13.1 Å². The van der Waals surface area contributed by atoms with Gasteiger partial charge in [-0.25, -0.2) is 14.7 Å². The van der Waals surface area contributed by atoms with Crippen LogP contribution >= 0.6 is 0 Å². The molecule has 1 rings (SSSR count). The summed E-state index contributed by atoms with van der Waals surface area (Å²) in [7, 11) is 0. The maximum Gasteiger partial charge on any atom is 0.189 e. The molecule has 0 aromatic carbocycles. The second-order valence-corrected chi connectivity index (χ2v) is 3.50. The Labute approximate surface area is 95.3 Å². The fourth-order valence-corrected chi connectivity index (χ4v) is 1.13. The highest BCUT2D eigenvalue weighted by atomic mass is 15.3. The summed E-state index contributed by atoms with van der Waals surface area (Å²) in [6.45, 7) is 9.54. The summed E-state index contributed by atoms with van der Waals surface area (Å²) in [6.07, 6.45) is 1.52. The van der Waals surface area contributed by atoms with Gasteiger partial charge >= 0.3 is 0 Å². The molecule has 0 bridgehead atoms. The van der Waals surface area contributed by atoms with Crippen LogP contribution in [0.1, 0.15) is 19.7 Å². The maximum atomic E-state index is 5.67. The number of guanidine groups is 1. The molecule has 0 amide bonds. The van der Waals surface area contributed by atoms with Crippen molar-refractivity contribution < 1.29 is 0 Å². The van der Waals surface area contributed by atoms with Gasteiger partial charge in [-0.15, -0.1) is 0 Å². The van der Waals surface area contributed by atoms with Gasteiger partial charge < -0.3 is 11.1 Å². The highest BCUT2D eigenvalue weighted by Gasteiger charge is 2.01. The zero-order valence-corrected chi connectivity index (χ0v) is 9.77. The predicted molar refractivity (Wildman–Crippen MR) is 63.8 cm³/mol. The largest absolute Gasteiger partial charge is 0.370 e. The van der Waals surface area contributed by atoms with Crippen LogP contribution in [0.25, 0.3) is 0 Å². The lowest BCUT2D eigenvalue weighted by atomic mass is 10.3. The van der Waals surface area contributed by atoms with Gasteiger partial charge in [0.05, 0.1) is 0 Å². The van der Waals surface area contributed by atoms with Crippen molar-refractivity contribution in [1.29, 1.82) is 0 Å². The molecule has 0 unspecified atom stereocenters. The second-order valence-electron chi connectivity index (χ2n) is 3.50. The van der Waals surface area contributed by atoms with E-state index >= 15 is 0 Å². The van der Waals surface area contributed by atoms with Crippen molar-refractivity contribution in [3.8, 4) is 0 Å². The third-order valence-corrected chi connectivity index (χ3v) is 1.96. The van der Waals surface area contributed by atoms with E-state index in [0.29, 0.717) is 19.0 Å². The molecule has 1 aromatic heterocycles. The van der Waals surface area contributed by atoms with Gasteiger partial charge in [-0.3, -0.25) is 0 Å². The van der Waals surface area contributed by atoms with Crippen LogP contribution in [-0.2, 0) is 13.1 Å². The van der Waals surface area contributed by atoms with Crippen molar-refractivity contribution in [2.75, 3.05) is 6.54 Å². The molecule has 0 saturated heterocycles. The number of aryl methyl sites for hydroxylation is 1. The number of nitrogens with two attached hydrogens (primary N) is 1. The molecular weight excluding hydrogens is 204 g/mol. The van der Waals surface area contributed by atoms with Crippen molar-refractivity contribution >= 4 is 5.96 Å². The SMILES string of the molecule is C=C(C)CNC(N)=NCc1ncnn1CC. The molecule has 0 spiro atoms. The Kier molecular flexibility index (Phi) is 4.50. The van der Waals surface area contributed by atoms with E-state index < -0.39 is 0 Å². The van der Waals surface area contributed by atoms with E-state index in [2.05, 4.69) is 27.0 Å². The van der Waals surface area contributed by atoms with Gasteiger partial charge in [-0.05, 0) is 13.8 Å². The molecule has 6 heteroatoms. The number of aromatic nitrogens is 3. The number of rotatable bonds is 5. The van der Waals surface area contributed by atoms with E-state index in [1.165, 1.54) is 6.33 Å². The summed E-state index contributed by atoms with van der Waals surface area (Å²) in [5.41, 5.74) is 6.68. The lowest BCUT2D eigenvalue weighted by Gasteiger charge is -2.04. The fourth-order valence-electron chi connectivity index (χ4n) is 1.13. The molecule has 0 fully saturated rings. The van der Waals surface area contributed by atoms with Crippen molar-refractivity contribution in [2.45, 2.75) is 26.9 Å². The molecule has 6 nitrogen and oxygen atoms in total. The van der Waals surface area contributed by atoms with Gasteiger partial charge in [-0.2, -0.15) is 5.10 Å². The Morgan fingerprint density at radius 2 is 2.44 bits per heavy atom. The molecule has 0 aliphatic rings. The highest BCUT2D eigenvalue weighted by molar-refractivity contribution is 5.77. The van der Waals surface area contributed by atoms with Gasteiger partial charge in [-0.1, -0.05) is 12.2 Å². The van der Waals surface area contributed by atoms with Crippen molar-refractivity contribution in [2.24, 2.45) is 10.7 Å². The van der Waals surface area contributed by atoms with E-state index in [4.69, 9.17) is 5.73 Å². The summed E-state index contributed by atoms with van der Waals surface area (Å²) >= 11 is 0. The molecule has 0 aliphatic heterocycles. The van der Waals surface area contributed by atoms with E-state index in [1.54, 1.807) is 4.68 Å². The third-order valence-electron chi connectivity index (χ3n) is 1.96. The molecule has 0 aliphatic carbocycles. The first kappa shape index (κ1) is 12.2. The van der Waals surface area contributed by atoms with E-state index in [1.807, 2.05) is 13.8 Å². The minimum Gasteiger partial charge on any atom is -0.370 e. The molecule has 16 heavy (non-hydrogen) atoms. The number of hydrogen-bond donors (Lipinski definition) is 2. The lowest BCUT2D eigenvalue weighted by Crippen LogP contribution is -2.32. The van der Waals surface area contributed by atoms with Crippen LogP contribution in [0.4, 0.5) is 0 Å². The monoisotopic (exact) mass is 222 g/mol. The first-order valence-electron chi connectivity index (χ1n) is 5.18. The van der Waals surface area contributed by atoms with Crippen LogP contribution < -0.4 is 11.1 Å². The van der Waals surface area contributed by atoms with Gasteiger partial charge in [0.25, 0.3) is 0 Å². The van der Waals surface area contributed by atoms with Crippen LogP contribution in [0.3, 0.4) is 0 Å². The molecule has 1 aromatic rings. The summed E-state index contributed by atoms with van der Waals surface area (Å²) < 4.78 is 1.79. The number of hydrogen-bond acceptors (Lipinski definition) is 3. The summed E-state index contributed by atoms with van der Waals surface area (Å²) in [4.78, 5) is 8.26. The Morgan fingerprint density at radius 1 is 1.69 bits per heavy atom. The first-order chi connectivity index (χ1) is 7.63. The third kappa shape index (κ3) is 3.72. The average molecular weight is 222 g/mol. The van der Waals surface area contributed by atoms with Gasteiger partial charge in [0.1, 0.15) is 18.7 Å². The Hall–Kier alpha value is -1.85. The summed E-state index contributed by atoms with van der Waals surface area (Å²) in [6, 6.07) is 0. The average Bonchev–Trinajstić information content (AvgIpc) is 2.70. The Morgan fingerprint density at radius 3 is 3.06 bits per heavy atom. The zero-order valence-electron chi connectivity index (χ0n) is 9.77. The van der Waals surface area contributed by atoms with Crippen LogP contribution in [0.5, 0.6) is 0 Å². The molecule has 3 N–H and O–H groups in total. The first-order valence-corrected chi connectivity index (χ1v) is 5.18. The normalized spacial score (nSPS) is 11.5. The lowest BCUT2D eigenvalue weighted by molar-refractivity contribution is 0.616. The molecule has 0 atom stereocenters. The van der Waals surface area contributed by atoms with Crippen molar-refractivity contribution in [3.05, 3.63) is 24.3 Å². The predicted octanol–water partition coefficient (Wildman–Crippen LogP) is 0.278. The minimum absolute atomic E-state index is 0.397. The summed E-state index contributed by atoms with van der Waals surface area (Å²) in [5, 5.41) is 7.00. The van der Waals surface area contributed by atoms with Crippen LogP contribution in [0.2, 0.25) is 0 Å². The van der Waals surface area contributed by atoms with E-state index in [0.717, 1.165) is 17.9 Å². The van der Waals surface area contributed by atoms with E-state index in [9.17, 15) is 0 Å². The second kappa shape index (κ2) is 5.89. The summed E-state index contributed by atoms with van der Waals surface area (Å²) in [5.74, 6) is 1.20. The number of nitrogens with zero attached hydrogens (tertiary/aromatic N) is 4. The number of aliphatic imine (C=N–C) groups is 1. The van der Waals surface area contributed by atoms with Crippen LogP contribution in [0, 0.1) is 0 Å². The molecule has 88 valence electrons. The Balaban J connectivity index is 2.49. The molecule has 0 saturated carbocycles. The topological polar surface area (TPSA) is 81.1 Å². The fraction of sp³-hybridized carbons (Fsp3) is 0.500. The minimum atomic E-state index is 0.397. The molecular formula is C10H18N6. The maximum absolute atomic E-state index is 5.67. The quantitative estimate of drug-likeness (QED) is 0.426. The van der Waals surface area contributed by atoms with Gasteiger partial charge in [0.2, 0.25) is 0 Å². The van der Waals surface area contributed by atoms with Crippen LogP contribution in [-0.4, -0.2) is 27.3 Å². The smallest absolute Gasteiger partial charge is 0.189 e. The van der Waals surface area contributed by atoms with Crippen LogP contribution in [0.15, 0.2) is 23.5 Å². The standard InChI is InChI=1S/C10H18N6/c1-4-16-9(14-7-15-16)6-13-10(11)12-5-8(2)3/h7H,2,4-6H2,1,3H3,(H3,11,12,13). The van der Waals surface area contributed by atoms with Crippen molar-refractivity contribution in [1.82, 2.24) is 20.1 Å². The molecule has 1 heterocycles. The molecule has 0 radical (unpaired) electrons. The zero-order chi connectivity index (χ0) is 12.0. The highest BCUT2D eigenvalue weighted by Crippen LogP contribution is 1.95. The van der Waals surface area contributed by atoms with Gasteiger partial charge in [0.15, 0.2) is 5.96 Å².